The molecule has 1 aromatic heterocycles. The average molecular weight is 262 g/mol. The van der Waals surface area contributed by atoms with Gasteiger partial charge in [0.25, 0.3) is 0 Å². The fourth-order valence-electron chi connectivity index (χ4n) is 1.91. The number of ether oxygens (including phenoxy) is 1. The SMILES string of the molecule is COC(=O)c1nc(N)sc1-c1c(C)cccc1C. The molecule has 0 spiro atoms. The average Bonchev–Trinajstić information content (AvgIpc) is 2.70. The summed E-state index contributed by atoms with van der Waals surface area (Å²) in [5.74, 6) is -0.458. The molecule has 2 rings (SSSR count). The van der Waals surface area contributed by atoms with E-state index in [-0.39, 0.29) is 5.69 Å². The number of esters is 1. The number of anilines is 1. The third-order valence-electron chi connectivity index (χ3n) is 2.73. The number of carbonyl (C=O) groups is 1. The summed E-state index contributed by atoms with van der Waals surface area (Å²) in [6, 6.07) is 5.98. The van der Waals surface area contributed by atoms with Crippen molar-refractivity contribution in [1.82, 2.24) is 4.98 Å². The molecule has 0 aliphatic carbocycles. The Morgan fingerprint density at radius 1 is 1.33 bits per heavy atom. The predicted molar refractivity (Wildman–Crippen MR) is 72.8 cm³/mol. The first-order valence-electron chi connectivity index (χ1n) is 5.45. The van der Waals surface area contributed by atoms with Gasteiger partial charge in [0.05, 0.1) is 12.0 Å². The first-order valence-corrected chi connectivity index (χ1v) is 6.27. The number of aryl methyl sites for hydroxylation is 2. The number of carbonyl (C=O) groups excluding carboxylic acids is 1. The normalized spacial score (nSPS) is 10.4. The molecule has 0 radical (unpaired) electrons. The fraction of sp³-hybridized carbons (Fsp3) is 0.231. The van der Waals surface area contributed by atoms with Crippen LogP contribution in [-0.2, 0) is 4.74 Å². The monoisotopic (exact) mass is 262 g/mol. The molecular formula is C13H14N2O2S. The molecule has 0 aliphatic rings. The van der Waals surface area contributed by atoms with E-state index in [9.17, 15) is 4.79 Å². The van der Waals surface area contributed by atoms with Crippen LogP contribution in [0.25, 0.3) is 10.4 Å². The lowest BCUT2D eigenvalue weighted by Gasteiger charge is -2.08. The standard InChI is InChI=1S/C13H14N2O2S/c1-7-5-4-6-8(2)9(7)11-10(12(16)17-3)15-13(14)18-11/h4-6H,1-3H3,(H2,14,15). The van der Waals surface area contributed by atoms with Gasteiger partial charge < -0.3 is 10.5 Å². The summed E-state index contributed by atoms with van der Waals surface area (Å²) in [5.41, 5.74) is 9.18. The number of benzene rings is 1. The lowest BCUT2D eigenvalue weighted by atomic mass is 10.0. The molecule has 0 aliphatic heterocycles. The van der Waals surface area contributed by atoms with E-state index in [1.165, 1.54) is 18.4 Å². The van der Waals surface area contributed by atoms with Crippen LogP contribution in [0.1, 0.15) is 21.6 Å². The summed E-state index contributed by atoms with van der Waals surface area (Å²) < 4.78 is 4.74. The Balaban J connectivity index is 2.68. The molecule has 2 N–H and O–H groups in total. The van der Waals surface area contributed by atoms with Gasteiger partial charge in [-0.2, -0.15) is 0 Å². The summed E-state index contributed by atoms with van der Waals surface area (Å²) in [5, 5.41) is 0.369. The fourth-order valence-corrected chi connectivity index (χ4v) is 2.91. The van der Waals surface area contributed by atoms with Crippen LogP contribution < -0.4 is 5.73 Å². The van der Waals surface area contributed by atoms with Gasteiger partial charge in [0.15, 0.2) is 10.8 Å². The maximum Gasteiger partial charge on any atom is 0.358 e. The van der Waals surface area contributed by atoms with Crippen molar-refractivity contribution in [3.63, 3.8) is 0 Å². The van der Waals surface area contributed by atoms with E-state index >= 15 is 0 Å². The van der Waals surface area contributed by atoms with Crippen molar-refractivity contribution < 1.29 is 9.53 Å². The lowest BCUT2D eigenvalue weighted by molar-refractivity contribution is 0.0596. The molecule has 18 heavy (non-hydrogen) atoms. The third-order valence-corrected chi connectivity index (χ3v) is 3.63. The van der Waals surface area contributed by atoms with Crippen molar-refractivity contribution in [3.8, 4) is 10.4 Å². The second kappa shape index (κ2) is 4.78. The third kappa shape index (κ3) is 2.09. The van der Waals surface area contributed by atoms with Crippen LogP contribution >= 0.6 is 11.3 Å². The van der Waals surface area contributed by atoms with E-state index in [0.717, 1.165) is 21.6 Å². The zero-order valence-corrected chi connectivity index (χ0v) is 11.3. The number of thiazole rings is 1. The molecule has 1 aromatic carbocycles. The largest absolute Gasteiger partial charge is 0.464 e. The van der Waals surface area contributed by atoms with Crippen LogP contribution in [0, 0.1) is 13.8 Å². The first kappa shape index (κ1) is 12.6. The molecule has 0 amide bonds. The van der Waals surface area contributed by atoms with Crippen molar-refractivity contribution in [2.75, 3.05) is 12.8 Å². The van der Waals surface area contributed by atoms with Gasteiger partial charge in [-0.3, -0.25) is 0 Å². The molecule has 0 saturated carbocycles. The van der Waals surface area contributed by atoms with Crippen molar-refractivity contribution >= 4 is 22.4 Å². The van der Waals surface area contributed by atoms with Gasteiger partial charge in [-0.25, -0.2) is 9.78 Å². The van der Waals surface area contributed by atoms with Gasteiger partial charge in [-0.15, -0.1) is 0 Å². The number of methoxy groups -OCH3 is 1. The van der Waals surface area contributed by atoms with Gasteiger partial charge in [0.1, 0.15) is 0 Å². The second-order valence-corrected chi connectivity index (χ2v) is 5.02. The Bertz CT molecular complexity index is 585. The number of aromatic nitrogens is 1. The van der Waals surface area contributed by atoms with Gasteiger partial charge in [0, 0.05) is 5.56 Å². The molecule has 0 atom stereocenters. The predicted octanol–water partition coefficient (Wildman–Crippen LogP) is 2.80. The highest BCUT2D eigenvalue weighted by atomic mass is 32.1. The van der Waals surface area contributed by atoms with E-state index in [1.807, 2.05) is 32.0 Å². The Labute approximate surface area is 109 Å². The summed E-state index contributed by atoms with van der Waals surface area (Å²) in [6.45, 7) is 4.00. The van der Waals surface area contributed by atoms with Crippen LogP contribution in [0.5, 0.6) is 0 Å². The van der Waals surface area contributed by atoms with E-state index < -0.39 is 5.97 Å². The molecule has 0 bridgehead atoms. The smallest absolute Gasteiger partial charge is 0.358 e. The number of hydrogen-bond acceptors (Lipinski definition) is 5. The summed E-state index contributed by atoms with van der Waals surface area (Å²) in [4.78, 5) is 16.5. The van der Waals surface area contributed by atoms with Crippen molar-refractivity contribution in [2.24, 2.45) is 0 Å². The van der Waals surface area contributed by atoms with Crippen LogP contribution in [-0.4, -0.2) is 18.1 Å². The molecule has 94 valence electrons. The number of nitrogens with two attached hydrogens (primary N) is 1. The minimum Gasteiger partial charge on any atom is -0.464 e. The van der Waals surface area contributed by atoms with Gasteiger partial charge in [0.2, 0.25) is 0 Å². The summed E-state index contributed by atoms with van der Waals surface area (Å²) >= 11 is 1.31. The van der Waals surface area contributed by atoms with Crippen LogP contribution in [0.2, 0.25) is 0 Å². The number of nitrogens with zero attached hydrogens (tertiary/aromatic N) is 1. The number of hydrogen-bond donors (Lipinski definition) is 1. The van der Waals surface area contributed by atoms with Crippen molar-refractivity contribution in [3.05, 3.63) is 35.0 Å². The Kier molecular flexibility index (Phi) is 3.34. The van der Waals surface area contributed by atoms with Crippen LogP contribution in [0.3, 0.4) is 0 Å². The number of nitrogen functional groups attached to an aromatic ring is 1. The topological polar surface area (TPSA) is 65.2 Å². The Morgan fingerprint density at radius 2 is 1.94 bits per heavy atom. The minimum atomic E-state index is -0.458. The molecule has 4 nitrogen and oxygen atoms in total. The van der Waals surface area contributed by atoms with Crippen LogP contribution in [0.15, 0.2) is 18.2 Å². The lowest BCUT2D eigenvalue weighted by Crippen LogP contribution is -2.04. The van der Waals surface area contributed by atoms with E-state index in [1.54, 1.807) is 0 Å². The highest BCUT2D eigenvalue weighted by Gasteiger charge is 2.21. The van der Waals surface area contributed by atoms with E-state index in [2.05, 4.69) is 4.98 Å². The quantitative estimate of drug-likeness (QED) is 0.845. The van der Waals surface area contributed by atoms with E-state index in [0.29, 0.717) is 5.13 Å². The molecule has 2 aromatic rings. The molecular weight excluding hydrogens is 248 g/mol. The van der Waals surface area contributed by atoms with Crippen LogP contribution in [0.4, 0.5) is 5.13 Å². The number of rotatable bonds is 2. The zero-order chi connectivity index (χ0) is 13.3. The molecule has 5 heteroatoms. The molecule has 0 saturated heterocycles. The molecule has 0 unspecified atom stereocenters. The molecule has 1 heterocycles. The Hall–Kier alpha value is -1.88. The van der Waals surface area contributed by atoms with Crippen molar-refractivity contribution in [1.29, 1.82) is 0 Å². The second-order valence-electron chi connectivity index (χ2n) is 3.99. The highest BCUT2D eigenvalue weighted by molar-refractivity contribution is 7.19. The zero-order valence-electron chi connectivity index (χ0n) is 10.5. The summed E-state index contributed by atoms with van der Waals surface area (Å²) in [7, 11) is 1.34. The molecule has 0 fully saturated rings. The first-order chi connectivity index (χ1) is 8.54. The Morgan fingerprint density at radius 3 is 2.50 bits per heavy atom. The maximum atomic E-state index is 11.7. The summed E-state index contributed by atoms with van der Waals surface area (Å²) in [6.07, 6.45) is 0. The van der Waals surface area contributed by atoms with Gasteiger partial charge >= 0.3 is 5.97 Å². The van der Waals surface area contributed by atoms with Crippen molar-refractivity contribution in [2.45, 2.75) is 13.8 Å². The van der Waals surface area contributed by atoms with Gasteiger partial charge in [-0.05, 0) is 25.0 Å². The highest BCUT2D eigenvalue weighted by Crippen LogP contribution is 2.36. The minimum absolute atomic E-state index is 0.289. The van der Waals surface area contributed by atoms with Gasteiger partial charge in [-0.1, -0.05) is 29.5 Å². The maximum absolute atomic E-state index is 11.7. The van der Waals surface area contributed by atoms with E-state index in [4.69, 9.17) is 10.5 Å².